The number of aromatic carboxylic acids is 1. The Morgan fingerprint density at radius 1 is 1.15 bits per heavy atom. The van der Waals surface area contributed by atoms with E-state index in [1.807, 2.05) is 0 Å². The number of pyridine rings is 1. The van der Waals surface area contributed by atoms with Crippen molar-refractivity contribution in [1.29, 1.82) is 0 Å². The van der Waals surface area contributed by atoms with Gasteiger partial charge >= 0.3 is 24.0 Å². The summed E-state index contributed by atoms with van der Waals surface area (Å²) in [6.45, 7) is 0.249. The molecule has 1 aromatic rings. The van der Waals surface area contributed by atoms with Crippen LogP contribution in [0.5, 0.6) is 0 Å². The maximum atomic E-state index is 13.4. The Morgan fingerprint density at radius 2 is 1.65 bits per heavy atom. The number of aromatic nitrogens is 1. The summed E-state index contributed by atoms with van der Waals surface area (Å²) in [6.07, 6.45) is -5.59. The Balaban J connectivity index is 1.92. The van der Waals surface area contributed by atoms with Crippen molar-refractivity contribution >= 4 is 11.8 Å². The molecule has 0 atom stereocenters. The zero-order valence-electron chi connectivity index (χ0n) is 13.3. The van der Waals surface area contributed by atoms with Crippen LogP contribution in [0.4, 0.5) is 36.6 Å². The smallest absolute Gasteiger partial charge is 0.418 e. The predicted molar refractivity (Wildman–Crippen MR) is 74.7 cm³/mol. The number of alkyl halides is 7. The highest BCUT2D eigenvalue weighted by atomic mass is 19.4. The molecule has 3 rings (SSSR count). The molecule has 26 heavy (non-hydrogen) atoms. The molecule has 11 heteroatoms. The SMILES string of the molecule is Cc1c(C(F)(F)F)cnc(N2CCC3(CC2)C(F)(F)C3(F)F)c1C(=O)O. The first kappa shape index (κ1) is 18.7. The van der Waals surface area contributed by atoms with Crippen molar-refractivity contribution in [1.82, 2.24) is 4.98 Å². The van der Waals surface area contributed by atoms with Crippen LogP contribution in [0.15, 0.2) is 6.20 Å². The van der Waals surface area contributed by atoms with Crippen LogP contribution in [0.1, 0.15) is 34.3 Å². The minimum absolute atomic E-state index is 0.342. The monoisotopic (exact) mass is 386 g/mol. The molecule has 1 N–H and O–H groups in total. The van der Waals surface area contributed by atoms with Gasteiger partial charge < -0.3 is 10.0 Å². The molecule has 0 bridgehead atoms. The molecule has 144 valence electrons. The van der Waals surface area contributed by atoms with Crippen LogP contribution in [0, 0.1) is 12.3 Å². The summed E-state index contributed by atoms with van der Waals surface area (Å²) in [7, 11) is 0. The Bertz CT molecular complexity index is 752. The zero-order chi connectivity index (χ0) is 19.7. The van der Waals surface area contributed by atoms with Crippen LogP contribution in [0.25, 0.3) is 0 Å². The second kappa shape index (κ2) is 5.23. The van der Waals surface area contributed by atoms with E-state index in [0.717, 1.165) is 11.8 Å². The summed E-state index contributed by atoms with van der Waals surface area (Å²) in [5.74, 6) is -10.3. The summed E-state index contributed by atoms with van der Waals surface area (Å²) in [5, 5.41) is 9.27. The van der Waals surface area contributed by atoms with Gasteiger partial charge in [-0.1, -0.05) is 0 Å². The van der Waals surface area contributed by atoms with Gasteiger partial charge in [0.1, 0.15) is 16.8 Å². The number of anilines is 1. The molecular formula is C15H13F7N2O2. The van der Waals surface area contributed by atoms with Gasteiger partial charge in [-0.05, 0) is 25.3 Å². The van der Waals surface area contributed by atoms with Crippen LogP contribution < -0.4 is 4.90 Å². The van der Waals surface area contributed by atoms with E-state index in [0.29, 0.717) is 6.20 Å². The number of carboxylic acid groups (broad SMARTS) is 1. The molecule has 1 saturated carbocycles. The maximum absolute atomic E-state index is 13.4. The van der Waals surface area contributed by atoms with Crippen LogP contribution in [-0.4, -0.2) is 41.0 Å². The predicted octanol–water partition coefficient (Wildman–Crippen LogP) is 3.98. The van der Waals surface area contributed by atoms with E-state index >= 15 is 0 Å². The molecule has 2 fully saturated rings. The lowest BCUT2D eigenvalue weighted by atomic mass is 9.91. The first-order valence-electron chi connectivity index (χ1n) is 7.58. The fourth-order valence-electron chi connectivity index (χ4n) is 3.62. The Hall–Kier alpha value is -2.07. The Kier molecular flexibility index (Phi) is 3.76. The first-order chi connectivity index (χ1) is 11.8. The summed E-state index contributed by atoms with van der Waals surface area (Å²) < 4.78 is 92.5. The number of hydrogen-bond donors (Lipinski definition) is 1. The van der Waals surface area contributed by atoms with Gasteiger partial charge in [-0.15, -0.1) is 0 Å². The minimum Gasteiger partial charge on any atom is -0.478 e. The largest absolute Gasteiger partial charge is 0.478 e. The fourth-order valence-corrected chi connectivity index (χ4v) is 3.62. The van der Waals surface area contributed by atoms with Gasteiger partial charge in [0.2, 0.25) is 0 Å². The topological polar surface area (TPSA) is 53.4 Å². The van der Waals surface area contributed by atoms with Crippen LogP contribution in [0.3, 0.4) is 0 Å². The van der Waals surface area contributed by atoms with Gasteiger partial charge in [0, 0.05) is 19.3 Å². The highest BCUT2D eigenvalue weighted by Gasteiger charge is 2.95. The molecule has 0 radical (unpaired) electrons. The van der Waals surface area contributed by atoms with Gasteiger partial charge in [0.05, 0.1) is 5.56 Å². The maximum Gasteiger partial charge on any atom is 0.418 e. The van der Waals surface area contributed by atoms with Gasteiger partial charge in [0.25, 0.3) is 0 Å². The van der Waals surface area contributed by atoms with E-state index in [-0.39, 0.29) is 18.9 Å². The Labute approximate surface area is 142 Å². The average molecular weight is 386 g/mol. The second-order valence-corrected chi connectivity index (χ2v) is 6.52. The molecule has 4 nitrogen and oxygen atoms in total. The third kappa shape index (κ3) is 2.21. The molecule has 0 aromatic carbocycles. The van der Waals surface area contributed by atoms with E-state index in [4.69, 9.17) is 0 Å². The van der Waals surface area contributed by atoms with Gasteiger partial charge in [-0.25, -0.2) is 9.78 Å². The molecule has 1 spiro atoms. The van der Waals surface area contributed by atoms with Crippen LogP contribution in [0.2, 0.25) is 0 Å². The molecule has 1 aliphatic heterocycles. The van der Waals surface area contributed by atoms with E-state index in [9.17, 15) is 40.6 Å². The number of nitrogens with zero attached hydrogens (tertiary/aromatic N) is 2. The van der Waals surface area contributed by atoms with Crippen LogP contribution in [-0.2, 0) is 6.18 Å². The van der Waals surface area contributed by atoms with E-state index in [1.54, 1.807) is 0 Å². The zero-order valence-corrected chi connectivity index (χ0v) is 13.3. The average Bonchev–Trinajstić information content (AvgIpc) is 2.83. The van der Waals surface area contributed by atoms with Crippen molar-refractivity contribution < 1.29 is 40.6 Å². The molecule has 1 aromatic heterocycles. The second-order valence-electron chi connectivity index (χ2n) is 6.52. The van der Waals surface area contributed by atoms with Gasteiger partial charge in [-0.3, -0.25) is 0 Å². The fraction of sp³-hybridized carbons (Fsp3) is 0.600. The summed E-state index contributed by atoms with van der Waals surface area (Å²) in [6, 6.07) is 0. The lowest BCUT2D eigenvalue weighted by molar-refractivity contribution is -0.138. The normalized spacial score (nSPS) is 23.2. The van der Waals surface area contributed by atoms with Crippen molar-refractivity contribution in [2.75, 3.05) is 18.0 Å². The number of rotatable bonds is 2. The molecule has 0 unspecified atom stereocenters. The third-order valence-corrected chi connectivity index (χ3v) is 5.29. The van der Waals surface area contributed by atoms with E-state index in [2.05, 4.69) is 4.98 Å². The molecule has 2 aliphatic rings. The molecule has 1 aliphatic carbocycles. The quantitative estimate of drug-likeness (QED) is 0.782. The molecule has 0 amide bonds. The van der Waals surface area contributed by atoms with Crippen molar-refractivity contribution in [3.8, 4) is 0 Å². The highest BCUT2D eigenvalue weighted by Crippen LogP contribution is 2.76. The van der Waals surface area contributed by atoms with E-state index in [1.165, 1.54) is 0 Å². The van der Waals surface area contributed by atoms with Gasteiger partial charge in [0.15, 0.2) is 0 Å². The number of carboxylic acids is 1. The third-order valence-electron chi connectivity index (χ3n) is 5.29. The van der Waals surface area contributed by atoms with Crippen molar-refractivity contribution in [3.05, 3.63) is 22.9 Å². The lowest BCUT2D eigenvalue weighted by Crippen LogP contribution is -2.39. The number of halogens is 7. The first-order valence-corrected chi connectivity index (χ1v) is 7.58. The van der Waals surface area contributed by atoms with Crippen molar-refractivity contribution in [3.63, 3.8) is 0 Å². The van der Waals surface area contributed by atoms with Gasteiger partial charge in [-0.2, -0.15) is 30.7 Å². The molecule has 2 heterocycles. The summed E-state index contributed by atoms with van der Waals surface area (Å²) >= 11 is 0. The lowest BCUT2D eigenvalue weighted by Gasteiger charge is -2.33. The van der Waals surface area contributed by atoms with Crippen LogP contribution >= 0.6 is 0 Å². The van der Waals surface area contributed by atoms with Crippen molar-refractivity contribution in [2.24, 2.45) is 5.41 Å². The summed E-state index contributed by atoms with van der Waals surface area (Å²) in [4.78, 5) is 16.1. The summed E-state index contributed by atoms with van der Waals surface area (Å²) in [5.41, 5.74) is -4.99. The number of hydrogen-bond acceptors (Lipinski definition) is 3. The van der Waals surface area contributed by atoms with Crippen molar-refractivity contribution in [2.45, 2.75) is 37.8 Å². The van der Waals surface area contributed by atoms with E-state index < -0.39 is 58.9 Å². The standard InChI is InChI=1S/C15H13F7N2O2/c1-7-8(13(16,17)18)6-23-10(9(7)11(25)26)24-4-2-12(3-5-24)14(19,20)15(12,21)22/h6H,2-5H2,1H3,(H,25,26). The number of piperidine rings is 1. The molecular weight excluding hydrogens is 373 g/mol. The minimum atomic E-state index is -4.82. The highest BCUT2D eigenvalue weighted by molar-refractivity contribution is 5.95. The number of carbonyl (C=O) groups is 1. The molecule has 1 saturated heterocycles. The Morgan fingerprint density at radius 3 is 2.04 bits per heavy atom.